The van der Waals surface area contributed by atoms with Gasteiger partial charge in [0.1, 0.15) is 12.4 Å². The lowest BCUT2D eigenvalue weighted by atomic mass is 10.1. The van der Waals surface area contributed by atoms with E-state index in [9.17, 15) is 4.79 Å². The van der Waals surface area contributed by atoms with Gasteiger partial charge in [-0.25, -0.2) is 0 Å². The van der Waals surface area contributed by atoms with Gasteiger partial charge >= 0.3 is 0 Å². The molecule has 118 valence electrons. The zero-order chi connectivity index (χ0) is 14.8. The predicted octanol–water partition coefficient (Wildman–Crippen LogP) is 5.63. The largest absolute Gasteiger partial charge is 0.396 e. The zero-order valence-corrected chi connectivity index (χ0v) is 13.5. The third-order valence-electron chi connectivity index (χ3n) is 2.00. The summed E-state index contributed by atoms with van der Waals surface area (Å²) in [6.07, 6.45) is 4.62. The van der Waals surface area contributed by atoms with Crippen LogP contribution in [0.15, 0.2) is 5.16 Å². The predicted molar refractivity (Wildman–Crippen MR) is 87.9 cm³/mol. The first-order valence-electron chi connectivity index (χ1n) is 7.31. The number of rotatable bonds is 8. The molecule has 0 fully saturated rings. The highest BCUT2D eigenvalue weighted by atomic mass is 16.6. The molecule has 0 aliphatic carbocycles. The molecule has 3 nitrogen and oxygen atoms in total. The second-order valence-electron chi connectivity index (χ2n) is 3.53. The summed E-state index contributed by atoms with van der Waals surface area (Å²) in [5.41, 5.74) is 1.02. The zero-order valence-electron chi connectivity index (χ0n) is 13.5. The average Bonchev–Trinajstić information content (AvgIpc) is 2.41. The van der Waals surface area contributed by atoms with Gasteiger partial charge in [0.2, 0.25) is 0 Å². The molecule has 0 bridgehead atoms. The number of carbonyl (C=O) groups excluding carboxylic acids is 1. The monoisotopic (exact) mass is 275 g/mol. The quantitative estimate of drug-likeness (QED) is 0.327. The van der Waals surface area contributed by atoms with E-state index in [4.69, 9.17) is 4.84 Å². The number of hydrogen-bond donors (Lipinski definition) is 0. The van der Waals surface area contributed by atoms with Gasteiger partial charge in [0, 0.05) is 6.42 Å². The maximum atomic E-state index is 10.6. The summed E-state index contributed by atoms with van der Waals surface area (Å²) in [5, 5.41) is 3.93. The highest BCUT2D eigenvalue weighted by molar-refractivity contribution is 5.80. The summed E-state index contributed by atoms with van der Waals surface area (Å²) in [5.74, 6) is 0.269. The van der Waals surface area contributed by atoms with Crippen molar-refractivity contribution in [2.45, 2.75) is 88.0 Å². The van der Waals surface area contributed by atoms with Crippen molar-refractivity contribution in [3.63, 3.8) is 0 Å². The van der Waals surface area contributed by atoms with E-state index in [1.807, 2.05) is 34.6 Å². The van der Waals surface area contributed by atoms with Crippen molar-refractivity contribution in [2.75, 3.05) is 6.61 Å². The van der Waals surface area contributed by atoms with Crippen LogP contribution in [0.5, 0.6) is 0 Å². The molecule has 0 saturated carbocycles. The third-order valence-corrected chi connectivity index (χ3v) is 2.00. The van der Waals surface area contributed by atoms with E-state index in [1.54, 1.807) is 6.92 Å². The van der Waals surface area contributed by atoms with Crippen molar-refractivity contribution < 1.29 is 9.63 Å². The van der Waals surface area contributed by atoms with Gasteiger partial charge in [-0.15, -0.1) is 0 Å². The van der Waals surface area contributed by atoms with Crippen LogP contribution < -0.4 is 0 Å². The third kappa shape index (κ3) is 31.7. The smallest absolute Gasteiger partial charge is 0.129 e. The highest BCUT2D eigenvalue weighted by Gasteiger charge is 1.94. The molecule has 0 aliphatic rings. The Morgan fingerprint density at radius 3 is 1.95 bits per heavy atom. The molecule has 0 rings (SSSR count). The fourth-order valence-corrected chi connectivity index (χ4v) is 0.938. The Kier molecular flexibility index (Phi) is 36.3. The number of nitrogens with zero attached hydrogens (tertiary/aromatic N) is 1. The van der Waals surface area contributed by atoms with Crippen LogP contribution in [0.2, 0.25) is 0 Å². The minimum absolute atomic E-state index is 0. The topological polar surface area (TPSA) is 38.7 Å². The van der Waals surface area contributed by atoms with Crippen molar-refractivity contribution >= 4 is 11.5 Å². The van der Waals surface area contributed by atoms with Gasteiger partial charge in [0.05, 0.1) is 5.71 Å². The minimum Gasteiger partial charge on any atom is -0.396 e. The lowest BCUT2D eigenvalue weighted by Gasteiger charge is -2.00. The van der Waals surface area contributed by atoms with Crippen LogP contribution in [0.1, 0.15) is 88.0 Å². The molecule has 0 atom stereocenters. The van der Waals surface area contributed by atoms with E-state index in [2.05, 4.69) is 12.1 Å². The van der Waals surface area contributed by atoms with Crippen LogP contribution in [0.25, 0.3) is 0 Å². The molecule has 3 heteroatoms. The normalized spacial score (nSPS) is 9.11. The average molecular weight is 275 g/mol. The highest BCUT2D eigenvalue weighted by Crippen LogP contribution is 2.00. The van der Waals surface area contributed by atoms with Crippen molar-refractivity contribution in [3.05, 3.63) is 0 Å². The summed E-state index contributed by atoms with van der Waals surface area (Å²) >= 11 is 0. The number of oxime groups is 1. The van der Waals surface area contributed by atoms with Gasteiger partial charge in [0.15, 0.2) is 0 Å². The van der Waals surface area contributed by atoms with E-state index < -0.39 is 0 Å². The van der Waals surface area contributed by atoms with Crippen LogP contribution >= 0.6 is 0 Å². The van der Waals surface area contributed by atoms with Crippen molar-refractivity contribution in [1.29, 1.82) is 0 Å². The molecule has 0 N–H and O–H groups in total. The fourth-order valence-electron chi connectivity index (χ4n) is 0.938. The summed E-state index contributed by atoms with van der Waals surface area (Å²) in [6, 6.07) is 0. The van der Waals surface area contributed by atoms with Crippen molar-refractivity contribution in [2.24, 2.45) is 5.16 Å². The molecule has 0 aromatic carbocycles. The van der Waals surface area contributed by atoms with E-state index in [1.165, 1.54) is 0 Å². The Balaban J connectivity index is -0.000000204. The Hall–Kier alpha value is -0.860. The SMILES string of the molecule is C.CC.CC.CC/C(C)=N/OCCCCCC(C)=O. The van der Waals surface area contributed by atoms with Gasteiger partial charge < -0.3 is 9.63 Å². The second-order valence-corrected chi connectivity index (χ2v) is 3.53. The van der Waals surface area contributed by atoms with E-state index in [-0.39, 0.29) is 13.2 Å². The number of Topliss-reactive ketones (excluding diaryl/α,β-unsaturated/α-hetero) is 1. The van der Waals surface area contributed by atoms with Gasteiger partial charge in [-0.2, -0.15) is 0 Å². The molecule has 19 heavy (non-hydrogen) atoms. The number of unbranched alkanes of at least 4 members (excludes halogenated alkanes) is 2. The number of hydrogen-bond acceptors (Lipinski definition) is 3. The maximum absolute atomic E-state index is 10.6. The number of carbonyl (C=O) groups is 1. The van der Waals surface area contributed by atoms with E-state index >= 15 is 0 Å². The van der Waals surface area contributed by atoms with Gasteiger partial charge in [-0.3, -0.25) is 0 Å². The Labute approximate surface area is 121 Å². The molecule has 0 aliphatic heterocycles. The maximum Gasteiger partial charge on any atom is 0.129 e. The lowest BCUT2D eigenvalue weighted by molar-refractivity contribution is -0.117. The Bertz CT molecular complexity index is 189. The van der Waals surface area contributed by atoms with E-state index in [0.717, 1.165) is 31.4 Å². The molecule has 0 aromatic rings. The molecule has 0 spiro atoms. The fraction of sp³-hybridized carbons (Fsp3) is 0.875. The summed E-state index contributed by atoms with van der Waals surface area (Å²) in [6.45, 7) is 14.3. The van der Waals surface area contributed by atoms with Crippen LogP contribution in [0.3, 0.4) is 0 Å². The van der Waals surface area contributed by atoms with Gasteiger partial charge in [-0.1, -0.05) is 47.2 Å². The second kappa shape index (κ2) is 25.9. The van der Waals surface area contributed by atoms with Crippen molar-refractivity contribution in [3.8, 4) is 0 Å². The van der Waals surface area contributed by atoms with Crippen LogP contribution in [-0.4, -0.2) is 18.1 Å². The summed E-state index contributed by atoms with van der Waals surface area (Å²) in [4.78, 5) is 15.7. The first-order chi connectivity index (χ1) is 8.66. The standard InChI is InChI=1S/C11H21NO2.2C2H6.CH4/c1-4-10(2)12-14-9-7-5-6-8-11(3)13;2*1-2;/h4-9H2,1-3H3;2*1-2H3;1H4/b12-10+;;;. The molecule has 0 amide bonds. The molecule has 0 saturated heterocycles. The summed E-state index contributed by atoms with van der Waals surface area (Å²) < 4.78 is 0. The van der Waals surface area contributed by atoms with Crippen LogP contribution in [-0.2, 0) is 9.63 Å². The Morgan fingerprint density at radius 1 is 1.00 bits per heavy atom. The molecule has 0 unspecified atom stereocenters. The first-order valence-corrected chi connectivity index (χ1v) is 7.31. The molecular formula is C16H37NO2. The molecule has 0 radical (unpaired) electrons. The van der Waals surface area contributed by atoms with Gasteiger partial charge in [0.25, 0.3) is 0 Å². The first kappa shape index (κ1) is 26.7. The van der Waals surface area contributed by atoms with Gasteiger partial charge in [-0.05, 0) is 39.5 Å². The number of ketones is 1. The summed E-state index contributed by atoms with van der Waals surface area (Å²) in [7, 11) is 0. The van der Waals surface area contributed by atoms with E-state index in [0.29, 0.717) is 13.0 Å². The molecular weight excluding hydrogens is 238 g/mol. The van der Waals surface area contributed by atoms with Crippen LogP contribution in [0, 0.1) is 0 Å². The lowest BCUT2D eigenvalue weighted by Crippen LogP contribution is -1.94. The molecule has 0 aromatic heterocycles. The molecule has 0 heterocycles. The van der Waals surface area contributed by atoms with Crippen molar-refractivity contribution in [1.82, 2.24) is 0 Å². The minimum atomic E-state index is 0. The van der Waals surface area contributed by atoms with Crippen LogP contribution in [0.4, 0.5) is 0 Å². The Morgan fingerprint density at radius 2 is 1.53 bits per heavy atom.